The summed E-state index contributed by atoms with van der Waals surface area (Å²) in [6.07, 6.45) is 3.55. The lowest BCUT2D eigenvalue weighted by atomic mass is 10.1. The molecule has 1 aromatic carbocycles. The number of hydrogen-bond donors (Lipinski definition) is 1. The van der Waals surface area contributed by atoms with Gasteiger partial charge in [0.15, 0.2) is 0 Å². The van der Waals surface area contributed by atoms with E-state index in [4.69, 9.17) is 9.47 Å². The maximum atomic E-state index is 13.3. The quantitative estimate of drug-likeness (QED) is 0.644. The average molecular weight is 440 g/mol. The van der Waals surface area contributed by atoms with E-state index in [2.05, 4.69) is 4.72 Å². The second-order valence-electron chi connectivity index (χ2n) is 7.48. The molecule has 0 spiro atoms. The number of nitrogens with zero attached hydrogens (tertiary/aromatic N) is 2. The average Bonchev–Trinajstić information content (AvgIpc) is 3.46. The summed E-state index contributed by atoms with van der Waals surface area (Å²) in [6, 6.07) is 4.25. The molecule has 2 amide bonds. The Bertz CT molecular complexity index is 877. The predicted molar refractivity (Wildman–Crippen MR) is 110 cm³/mol. The van der Waals surface area contributed by atoms with Gasteiger partial charge in [0.05, 0.1) is 13.2 Å². The van der Waals surface area contributed by atoms with Gasteiger partial charge in [-0.15, -0.1) is 0 Å². The number of sulfonamides is 1. The molecule has 1 N–H and O–H groups in total. The molecule has 1 atom stereocenters. The van der Waals surface area contributed by atoms with Crippen LogP contribution in [0.2, 0.25) is 0 Å². The molecule has 0 unspecified atom stereocenters. The topological polar surface area (TPSA) is 105 Å². The molecule has 1 aromatic rings. The molecule has 166 valence electrons. The van der Waals surface area contributed by atoms with Crippen molar-refractivity contribution in [1.82, 2.24) is 14.5 Å². The van der Waals surface area contributed by atoms with Crippen molar-refractivity contribution in [3.63, 3.8) is 0 Å². The van der Waals surface area contributed by atoms with Gasteiger partial charge in [0.2, 0.25) is 15.9 Å². The van der Waals surface area contributed by atoms with Crippen LogP contribution in [0, 0.1) is 0 Å². The fourth-order valence-electron chi connectivity index (χ4n) is 3.80. The zero-order valence-corrected chi connectivity index (χ0v) is 18.2. The summed E-state index contributed by atoms with van der Waals surface area (Å²) < 4.78 is 37.8. The minimum absolute atomic E-state index is 0.0567. The summed E-state index contributed by atoms with van der Waals surface area (Å²) >= 11 is 0. The number of benzene rings is 1. The summed E-state index contributed by atoms with van der Waals surface area (Å²) in [4.78, 5) is 29.1. The van der Waals surface area contributed by atoms with E-state index >= 15 is 0 Å². The molecule has 0 bridgehead atoms. The highest BCUT2D eigenvalue weighted by molar-refractivity contribution is 7.89. The number of ether oxygens (including phenoxy) is 2. The van der Waals surface area contributed by atoms with Gasteiger partial charge in [-0.05, 0) is 50.9 Å². The molecule has 0 radical (unpaired) electrons. The van der Waals surface area contributed by atoms with Crippen LogP contribution < -0.4 is 9.46 Å². The van der Waals surface area contributed by atoms with Crippen molar-refractivity contribution in [3.05, 3.63) is 23.8 Å². The number of hydrogen-bond acceptors (Lipinski definition) is 6. The van der Waals surface area contributed by atoms with Gasteiger partial charge in [-0.2, -0.15) is 0 Å². The van der Waals surface area contributed by atoms with Gasteiger partial charge in [0.1, 0.15) is 17.2 Å². The maximum absolute atomic E-state index is 13.3. The van der Waals surface area contributed by atoms with Crippen LogP contribution in [0.3, 0.4) is 0 Å². The Morgan fingerprint density at radius 3 is 2.60 bits per heavy atom. The Kier molecular flexibility index (Phi) is 7.32. The number of amides is 2. The largest absolute Gasteiger partial charge is 0.495 e. The number of rotatable bonds is 8. The summed E-state index contributed by atoms with van der Waals surface area (Å²) in [5.41, 5.74) is 0.178. The molecule has 30 heavy (non-hydrogen) atoms. The van der Waals surface area contributed by atoms with Crippen LogP contribution in [0.1, 0.15) is 36.0 Å². The number of methoxy groups -OCH3 is 1. The summed E-state index contributed by atoms with van der Waals surface area (Å²) in [7, 11) is -1.17. The Morgan fingerprint density at radius 2 is 2.00 bits per heavy atom. The lowest BCUT2D eigenvalue weighted by Gasteiger charge is -2.27. The van der Waals surface area contributed by atoms with Gasteiger partial charge in [0.25, 0.3) is 5.91 Å². The second kappa shape index (κ2) is 9.76. The minimum Gasteiger partial charge on any atom is -0.495 e. The highest BCUT2D eigenvalue weighted by Crippen LogP contribution is 2.26. The molecule has 0 saturated carbocycles. The van der Waals surface area contributed by atoms with Crippen LogP contribution in [-0.4, -0.2) is 83.1 Å². The van der Waals surface area contributed by atoms with Crippen LogP contribution in [-0.2, 0) is 19.6 Å². The van der Waals surface area contributed by atoms with E-state index in [-0.39, 0.29) is 34.8 Å². The zero-order valence-electron chi connectivity index (χ0n) is 17.4. The van der Waals surface area contributed by atoms with Gasteiger partial charge in [-0.1, -0.05) is 0 Å². The first kappa shape index (κ1) is 22.5. The van der Waals surface area contributed by atoms with Gasteiger partial charge < -0.3 is 19.3 Å². The molecule has 2 heterocycles. The Morgan fingerprint density at radius 1 is 1.27 bits per heavy atom. The van der Waals surface area contributed by atoms with E-state index < -0.39 is 15.9 Å². The Labute approximate surface area is 177 Å². The Hall–Kier alpha value is -2.17. The number of carbonyl (C=O) groups excluding carboxylic acids is 2. The smallest absolute Gasteiger partial charge is 0.254 e. The minimum atomic E-state index is -3.83. The molecule has 0 aromatic heterocycles. The summed E-state index contributed by atoms with van der Waals surface area (Å²) in [5, 5.41) is 0. The van der Waals surface area contributed by atoms with E-state index in [9.17, 15) is 18.0 Å². The van der Waals surface area contributed by atoms with Crippen molar-refractivity contribution in [2.24, 2.45) is 0 Å². The molecular weight excluding hydrogens is 410 g/mol. The van der Waals surface area contributed by atoms with E-state index in [1.54, 1.807) is 4.90 Å². The highest BCUT2D eigenvalue weighted by Gasteiger charge is 2.29. The third kappa shape index (κ3) is 5.11. The predicted octanol–water partition coefficient (Wildman–Crippen LogP) is 0.847. The maximum Gasteiger partial charge on any atom is 0.254 e. The number of nitrogens with one attached hydrogen (secondary N) is 1. The van der Waals surface area contributed by atoms with Crippen molar-refractivity contribution in [1.29, 1.82) is 0 Å². The number of likely N-dealkylation sites (tertiary alicyclic amines) is 1. The molecule has 2 saturated heterocycles. The molecule has 2 aliphatic heterocycles. The van der Waals surface area contributed by atoms with Crippen LogP contribution in [0.25, 0.3) is 0 Å². The molecule has 9 nitrogen and oxygen atoms in total. The second-order valence-corrected chi connectivity index (χ2v) is 9.34. The third-order valence-corrected chi connectivity index (χ3v) is 6.92. The highest BCUT2D eigenvalue weighted by atomic mass is 32.2. The van der Waals surface area contributed by atoms with Gasteiger partial charge >= 0.3 is 0 Å². The SMILES string of the molecule is CNS(=O)(=O)c1cc(C(=O)N(CC(=O)N2CCCC2)C[C@@H]2CCCO2)ccc1OC. The van der Waals surface area contributed by atoms with Crippen molar-refractivity contribution in [2.45, 2.75) is 36.7 Å². The number of carbonyl (C=O) groups is 2. The molecule has 0 aliphatic carbocycles. The van der Waals surface area contributed by atoms with Crippen LogP contribution in [0.15, 0.2) is 23.1 Å². The monoisotopic (exact) mass is 439 g/mol. The summed E-state index contributed by atoms with van der Waals surface area (Å²) in [6.45, 7) is 2.28. The molecule has 2 fully saturated rings. The van der Waals surface area contributed by atoms with E-state index in [0.717, 1.165) is 25.7 Å². The standard InChI is InChI=1S/C20H29N3O6S/c1-21-30(26,27)18-12-15(7-8-17(18)28-2)20(25)23(13-16-6-5-11-29-16)14-19(24)22-9-3-4-10-22/h7-8,12,16,21H,3-6,9-11,13-14H2,1-2H3/t16-/m0/s1. The van der Waals surface area contributed by atoms with Crippen LogP contribution >= 0.6 is 0 Å². The Balaban J connectivity index is 1.87. The lowest BCUT2D eigenvalue weighted by molar-refractivity contribution is -0.131. The van der Waals surface area contributed by atoms with Crippen LogP contribution in [0.4, 0.5) is 0 Å². The van der Waals surface area contributed by atoms with E-state index in [1.165, 1.54) is 37.3 Å². The van der Waals surface area contributed by atoms with Gasteiger partial charge in [-0.3, -0.25) is 9.59 Å². The van der Waals surface area contributed by atoms with Crippen molar-refractivity contribution in [3.8, 4) is 5.75 Å². The molecule has 2 aliphatic rings. The molecule has 3 rings (SSSR count). The normalized spacial score (nSPS) is 19.1. The first-order valence-electron chi connectivity index (χ1n) is 10.2. The van der Waals surface area contributed by atoms with Crippen molar-refractivity contribution >= 4 is 21.8 Å². The zero-order chi connectivity index (χ0) is 21.7. The van der Waals surface area contributed by atoms with E-state index in [1.807, 2.05) is 0 Å². The summed E-state index contributed by atoms with van der Waals surface area (Å²) in [5.74, 6) is -0.372. The first-order chi connectivity index (χ1) is 14.4. The van der Waals surface area contributed by atoms with E-state index in [0.29, 0.717) is 26.2 Å². The lowest BCUT2D eigenvalue weighted by Crippen LogP contribution is -2.45. The molecular formula is C20H29N3O6S. The molecule has 10 heteroatoms. The first-order valence-corrected chi connectivity index (χ1v) is 11.6. The fourth-order valence-corrected chi connectivity index (χ4v) is 4.71. The third-order valence-electron chi connectivity index (χ3n) is 5.49. The van der Waals surface area contributed by atoms with Crippen LogP contribution in [0.5, 0.6) is 5.75 Å². The van der Waals surface area contributed by atoms with Crippen molar-refractivity contribution < 1.29 is 27.5 Å². The van der Waals surface area contributed by atoms with Gasteiger partial charge in [0, 0.05) is 31.8 Å². The fraction of sp³-hybridized carbons (Fsp3) is 0.600. The van der Waals surface area contributed by atoms with Crippen molar-refractivity contribution in [2.75, 3.05) is 46.9 Å². The van der Waals surface area contributed by atoms with Gasteiger partial charge in [-0.25, -0.2) is 13.1 Å².